The van der Waals surface area contributed by atoms with Gasteiger partial charge in [-0.2, -0.15) is 0 Å². The maximum Gasteiger partial charge on any atom is 0.163 e. The fourth-order valence-corrected chi connectivity index (χ4v) is 1.37. The van der Waals surface area contributed by atoms with Crippen LogP contribution in [0.4, 0.5) is 4.39 Å². The summed E-state index contributed by atoms with van der Waals surface area (Å²) in [5.74, 6) is -0.142. The molecule has 0 aliphatic rings. The molecule has 0 amide bonds. The van der Waals surface area contributed by atoms with Crippen molar-refractivity contribution in [2.45, 2.75) is 34.1 Å². The number of rotatable bonds is 4. The van der Waals surface area contributed by atoms with E-state index in [0.29, 0.717) is 17.9 Å². The Kier molecular flexibility index (Phi) is 4.27. The normalized spacial score (nSPS) is 11.4. The number of ether oxygens (including phenoxy) is 1. The highest BCUT2D eigenvalue weighted by Gasteiger charge is 2.13. The summed E-state index contributed by atoms with van der Waals surface area (Å²) >= 11 is 0. The number of halogens is 1. The molecule has 0 fully saturated rings. The van der Waals surface area contributed by atoms with Gasteiger partial charge in [0.2, 0.25) is 0 Å². The zero-order valence-corrected chi connectivity index (χ0v) is 10.8. The average molecular weight is 238 g/mol. The predicted octanol–water partition coefficient (Wildman–Crippen LogP) is 3.84. The van der Waals surface area contributed by atoms with Crippen LogP contribution >= 0.6 is 0 Å². The van der Waals surface area contributed by atoms with Crippen LogP contribution < -0.4 is 4.74 Å². The van der Waals surface area contributed by atoms with Crippen LogP contribution in [0.1, 0.15) is 44.5 Å². The topological polar surface area (TPSA) is 26.3 Å². The van der Waals surface area contributed by atoms with E-state index in [9.17, 15) is 9.18 Å². The van der Waals surface area contributed by atoms with Crippen LogP contribution in [0.25, 0.3) is 0 Å². The highest BCUT2D eigenvalue weighted by molar-refractivity contribution is 5.96. The van der Waals surface area contributed by atoms with Crippen LogP contribution in [0, 0.1) is 11.2 Å². The number of Topliss-reactive ketones (excluding diaryl/α,β-unsaturated/α-hetero) is 1. The van der Waals surface area contributed by atoms with Crippen molar-refractivity contribution in [1.29, 1.82) is 0 Å². The summed E-state index contributed by atoms with van der Waals surface area (Å²) in [6, 6.07) is 4.03. The van der Waals surface area contributed by atoms with Gasteiger partial charge in [-0.05, 0) is 37.0 Å². The Morgan fingerprint density at radius 3 is 2.53 bits per heavy atom. The van der Waals surface area contributed by atoms with E-state index in [4.69, 9.17) is 4.74 Å². The summed E-state index contributed by atoms with van der Waals surface area (Å²) in [6.07, 6.45) is 0.877. The van der Waals surface area contributed by atoms with Crippen LogP contribution in [-0.2, 0) is 0 Å². The van der Waals surface area contributed by atoms with Crippen LogP contribution in [0.2, 0.25) is 0 Å². The molecule has 0 radical (unpaired) electrons. The van der Waals surface area contributed by atoms with Crippen molar-refractivity contribution in [3.05, 3.63) is 29.6 Å². The first kappa shape index (κ1) is 13.7. The molecule has 0 aliphatic carbocycles. The van der Waals surface area contributed by atoms with Crippen LogP contribution in [-0.4, -0.2) is 12.4 Å². The monoisotopic (exact) mass is 238 g/mol. The van der Waals surface area contributed by atoms with E-state index in [0.717, 1.165) is 6.42 Å². The molecule has 2 nitrogen and oxygen atoms in total. The van der Waals surface area contributed by atoms with E-state index in [1.54, 1.807) is 0 Å². The number of hydrogen-bond acceptors (Lipinski definition) is 2. The molecule has 0 aliphatic heterocycles. The Bertz CT molecular complexity index is 405. The lowest BCUT2D eigenvalue weighted by Gasteiger charge is -2.18. The molecule has 0 saturated heterocycles. The van der Waals surface area contributed by atoms with Crippen molar-refractivity contribution < 1.29 is 13.9 Å². The van der Waals surface area contributed by atoms with E-state index in [1.807, 2.05) is 0 Å². The van der Waals surface area contributed by atoms with Gasteiger partial charge in [-0.1, -0.05) is 20.8 Å². The molecule has 1 aromatic rings. The lowest BCUT2D eigenvalue weighted by Crippen LogP contribution is -2.12. The van der Waals surface area contributed by atoms with Crippen molar-refractivity contribution in [1.82, 2.24) is 0 Å². The third-order valence-corrected chi connectivity index (χ3v) is 2.43. The number of ketones is 1. The highest BCUT2D eigenvalue weighted by atomic mass is 19.1. The Labute approximate surface area is 102 Å². The number of hydrogen-bond donors (Lipinski definition) is 0. The summed E-state index contributed by atoms with van der Waals surface area (Å²) in [4.78, 5) is 11.3. The molecule has 0 N–H and O–H groups in total. The largest absolute Gasteiger partial charge is 0.493 e. The van der Waals surface area contributed by atoms with Gasteiger partial charge in [0.15, 0.2) is 5.78 Å². The van der Waals surface area contributed by atoms with Gasteiger partial charge in [-0.15, -0.1) is 0 Å². The van der Waals surface area contributed by atoms with Crippen molar-refractivity contribution >= 4 is 5.78 Å². The van der Waals surface area contributed by atoms with Crippen molar-refractivity contribution in [2.75, 3.05) is 6.61 Å². The lowest BCUT2D eigenvalue weighted by atomic mass is 9.93. The molecule has 0 saturated carbocycles. The number of benzene rings is 1. The maximum atomic E-state index is 13.0. The summed E-state index contributed by atoms with van der Waals surface area (Å²) in [5.41, 5.74) is 0.482. The minimum atomic E-state index is -0.418. The summed E-state index contributed by atoms with van der Waals surface area (Å²) < 4.78 is 18.6. The number of carbonyl (C=O) groups is 1. The van der Waals surface area contributed by atoms with Crippen molar-refractivity contribution in [2.24, 2.45) is 5.41 Å². The van der Waals surface area contributed by atoms with Gasteiger partial charge in [-0.25, -0.2) is 4.39 Å². The molecule has 1 rings (SSSR count). The zero-order chi connectivity index (χ0) is 13.1. The molecule has 17 heavy (non-hydrogen) atoms. The van der Waals surface area contributed by atoms with Gasteiger partial charge < -0.3 is 4.74 Å². The van der Waals surface area contributed by atoms with E-state index in [1.165, 1.54) is 25.1 Å². The van der Waals surface area contributed by atoms with Gasteiger partial charge >= 0.3 is 0 Å². The Hall–Kier alpha value is -1.38. The van der Waals surface area contributed by atoms with E-state index < -0.39 is 5.82 Å². The third kappa shape index (κ3) is 4.55. The molecular formula is C14H19FO2. The van der Waals surface area contributed by atoms with Crippen LogP contribution in [0.15, 0.2) is 18.2 Å². The fraction of sp³-hybridized carbons (Fsp3) is 0.500. The quantitative estimate of drug-likeness (QED) is 0.745. The lowest BCUT2D eigenvalue weighted by molar-refractivity contribution is 0.101. The Balaban J connectivity index is 2.74. The Morgan fingerprint density at radius 2 is 2.00 bits per heavy atom. The van der Waals surface area contributed by atoms with Gasteiger partial charge in [0.05, 0.1) is 12.2 Å². The zero-order valence-electron chi connectivity index (χ0n) is 10.8. The molecular weight excluding hydrogens is 219 g/mol. The van der Waals surface area contributed by atoms with Crippen molar-refractivity contribution in [3.8, 4) is 5.75 Å². The second-order valence-electron chi connectivity index (χ2n) is 5.36. The van der Waals surface area contributed by atoms with Gasteiger partial charge in [0, 0.05) is 0 Å². The fourth-order valence-electron chi connectivity index (χ4n) is 1.37. The minimum Gasteiger partial charge on any atom is -0.493 e. The standard InChI is InChI=1S/C14H19FO2/c1-10(16)12-9-11(15)5-6-13(12)17-8-7-14(2,3)4/h5-6,9H,7-8H2,1-4H3. The molecule has 0 heterocycles. The predicted molar refractivity (Wildman–Crippen MR) is 66.0 cm³/mol. The summed E-state index contributed by atoms with van der Waals surface area (Å²) in [6.45, 7) is 8.29. The van der Waals surface area contributed by atoms with E-state index >= 15 is 0 Å². The van der Waals surface area contributed by atoms with Gasteiger partial charge in [-0.3, -0.25) is 4.79 Å². The van der Waals surface area contributed by atoms with Crippen LogP contribution in [0.3, 0.4) is 0 Å². The molecule has 0 aromatic heterocycles. The first-order valence-electron chi connectivity index (χ1n) is 5.73. The van der Waals surface area contributed by atoms with Crippen LogP contribution in [0.5, 0.6) is 5.75 Å². The van der Waals surface area contributed by atoms with Gasteiger partial charge in [0.25, 0.3) is 0 Å². The maximum absolute atomic E-state index is 13.0. The summed E-state index contributed by atoms with van der Waals surface area (Å²) in [5, 5.41) is 0. The second-order valence-corrected chi connectivity index (χ2v) is 5.36. The summed E-state index contributed by atoms with van der Waals surface area (Å²) in [7, 11) is 0. The van der Waals surface area contributed by atoms with E-state index in [-0.39, 0.29) is 11.2 Å². The Morgan fingerprint density at radius 1 is 1.35 bits per heavy atom. The molecule has 0 bridgehead atoms. The first-order chi connectivity index (χ1) is 7.79. The second kappa shape index (κ2) is 5.30. The molecule has 1 aromatic carbocycles. The highest BCUT2D eigenvalue weighted by Crippen LogP contribution is 2.23. The molecule has 3 heteroatoms. The van der Waals surface area contributed by atoms with E-state index in [2.05, 4.69) is 20.8 Å². The first-order valence-corrected chi connectivity index (χ1v) is 5.73. The van der Waals surface area contributed by atoms with Crippen molar-refractivity contribution in [3.63, 3.8) is 0 Å². The minimum absolute atomic E-state index is 0.177. The smallest absolute Gasteiger partial charge is 0.163 e. The molecule has 0 unspecified atom stereocenters. The average Bonchev–Trinajstić information content (AvgIpc) is 2.18. The SMILES string of the molecule is CC(=O)c1cc(F)ccc1OCCC(C)(C)C. The third-order valence-electron chi connectivity index (χ3n) is 2.43. The molecule has 94 valence electrons. The molecule has 0 spiro atoms. The number of carbonyl (C=O) groups excluding carboxylic acids is 1. The van der Waals surface area contributed by atoms with Gasteiger partial charge in [0.1, 0.15) is 11.6 Å². The molecule has 0 atom stereocenters.